The van der Waals surface area contributed by atoms with Gasteiger partial charge in [-0.25, -0.2) is 9.59 Å². The maximum atomic E-state index is 13.4. The Hall–Kier alpha value is -2.29. The highest BCUT2D eigenvalue weighted by atomic mass is 19.4. The molecule has 0 radical (unpaired) electrons. The Labute approximate surface area is 137 Å². The molecule has 0 spiro atoms. The average Bonchev–Trinajstić information content (AvgIpc) is 2.52. The fourth-order valence-electron chi connectivity index (χ4n) is 1.85. The Balaban J connectivity index is 2.90. The van der Waals surface area contributed by atoms with Gasteiger partial charge >= 0.3 is 23.9 Å². The smallest absolute Gasteiger partial charge is 0.448 e. The summed E-state index contributed by atoms with van der Waals surface area (Å²) in [6, 6.07) is 7.35. The van der Waals surface area contributed by atoms with Crippen LogP contribution in [0.15, 0.2) is 30.3 Å². The minimum atomic E-state index is -5.20. The quantitative estimate of drug-likeness (QED) is 0.586. The second-order valence-corrected chi connectivity index (χ2v) is 4.63. The van der Waals surface area contributed by atoms with E-state index in [0.29, 0.717) is 5.56 Å². The molecule has 0 saturated heterocycles. The van der Waals surface area contributed by atoms with Crippen molar-refractivity contribution in [3.05, 3.63) is 35.9 Å². The van der Waals surface area contributed by atoms with Crippen molar-refractivity contribution in [2.45, 2.75) is 32.3 Å². The minimum Gasteiger partial charge on any atom is -0.462 e. The average molecular weight is 348 g/mol. The van der Waals surface area contributed by atoms with E-state index >= 15 is 0 Å². The molecule has 0 bridgehead atoms. The molecule has 1 atom stereocenters. The molecule has 0 unspecified atom stereocenters. The molecule has 2 amide bonds. The molecule has 0 saturated carbocycles. The van der Waals surface area contributed by atoms with Gasteiger partial charge in [0.2, 0.25) is 0 Å². The molecular formula is C15H19F3N2O4. The van der Waals surface area contributed by atoms with E-state index in [1.54, 1.807) is 35.6 Å². The van der Waals surface area contributed by atoms with Gasteiger partial charge in [0.05, 0.1) is 6.61 Å². The summed E-state index contributed by atoms with van der Waals surface area (Å²) in [7, 11) is 0. The first-order valence-electron chi connectivity index (χ1n) is 7.24. The molecule has 0 aromatic heterocycles. The zero-order valence-electron chi connectivity index (χ0n) is 13.3. The van der Waals surface area contributed by atoms with Crippen molar-refractivity contribution < 1.29 is 32.2 Å². The van der Waals surface area contributed by atoms with E-state index < -0.39 is 30.5 Å². The van der Waals surface area contributed by atoms with Gasteiger partial charge in [0, 0.05) is 13.2 Å². The zero-order chi connectivity index (χ0) is 18.2. The first-order chi connectivity index (χ1) is 11.3. The maximum Gasteiger partial charge on any atom is 0.448 e. The van der Waals surface area contributed by atoms with Crippen LogP contribution in [0.25, 0.3) is 0 Å². The number of carbonyl (C=O) groups excluding carboxylic acids is 2. The minimum absolute atomic E-state index is 0.0183. The van der Waals surface area contributed by atoms with Gasteiger partial charge in [0.25, 0.3) is 0 Å². The Morgan fingerprint density at radius 3 is 2.21 bits per heavy atom. The van der Waals surface area contributed by atoms with Gasteiger partial charge in [-0.3, -0.25) is 5.32 Å². The van der Waals surface area contributed by atoms with Crippen molar-refractivity contribution in [2.75, 3.05) is 13.2 Å². The lowest BCUT2D eigenvalue weighted by Gasteiger charge is -2.33. The van der Waals surface area contributed by atoms with Crippen LogP contribution in [0.2, 0.25) is 0 Å². The van der Waals surface area contributed by atoms with Crippen molar-refractivity contribution in [1.82, 2.24) is 10.6 Å². The van der Waals surface area contributed by atoms with E-state index in [9.17, 15) is 22.8 Å². The van der Waals surface area contributed by atoms with Crippen LogP contribution >= 0.6 is 0 Å². The van der Waals surface area contributed by atoms with Crippen LogP contribution in [0, 0.1) is 0 Å². The summed E-state index contributed by atoms with van der Waals surface area (Å²) in [5.74, 6) is -1.73. The lowest BCUT2D eigenvalue weighted by atomic mass is 10.2. The normalized spacial score (nSPS) is 13.7. The Kier molecular flexibility index (Phi) is 7.02. The summed E-state index contributed by atoms with van der Waals surface area (Å²) >= 11 is 0. The summed E-state index contributed by atoms with van der Waals surface area (Å²) in [5.41, 5.74) is -2.88. The third kappa shape index (κ3) is 4.85. The fraction of sp³-hybridized carbons (Fsp3) is 0.467. The van der Waals surface area contributed by atoms with E-state index in [1.807, 2.05) is 0 Å². The first kappa shape index (κ1) is 19.8. The fourth-order valence-corrected chi connectivity index (χ4v) is 1.85. The second kappa shape index (κ2) is 8.53. The molecule has 0 fully saturated rings. The van der Waals surface area contributed by atoms with Crippen molar-refractivity contribution >= 4 is 12.0 Å². The molecular weight excluding hydrogens is 329 g/mol. The summed E-state index contributed by atoms with van der Waals surface area (Å²) in [5, 5.41) is 3.80. The summed E-state index contributed by atoms with van der Waals surface area (Å²) in [4.78, 5) is 23.7. The number of ether oxygens (including phenoxy) is 2. The number of rotatable bonds is 7. The number of hydrogen-bond donors (Lipinski definition) is 2. The lowest BCUT2D eigenvalue weighted by Crippen LogP contribution is -2.67. The summed E-state index contributed by atoms with van der Waals surface area (Å²) in [6.07, 6.45) is -5.20. The number of esters is 1. The van der Waals surface area contributed by atoms with Gasteiger partial charge in [-0.2, -0.15) is 13.2 Å². The van der Waals surface area contributed by atoms with Crippen LogP contribution in [0.5, 0.6) is 0 Å². The topological polar surface area (TPSA) is 76.7 Å². The molecule has 24 heavy (non-hydrogen) atoms. The number of carbonyl (C=O) groups is 2. The predicted octanol–water partition coefficient (Wildman–Crippen LogP) is 2.34. The maximum absolute atomic E-state index is 13.4. The molecule has 2 N–H and O–H groups in total. The second-order valence-electron chi connectivity index (χ2n) is 4.63. The van der Waals surface area contributed by atoms with Crippen molar-refractivity contribution in [3.63, 3.8) is 0 Å². The highest BCUT2D eigenvalue weighted by Crippen LogP contribution is 2.33. The van der Waals surface area contributed by atoms with Crippen molar-refractivity contribution in [3.8, 4) is 0 Å². The van der Waals surface area contributed by atoms with Crippen molar-refractivity contribution in [2.24, 2.45) is 0 Å². The number of benzene rings is 1. The standard InChI is InChI=1S/C15H19F3N2O4/c1-3-23-12(21)14(24-4-2,15(16,17)18)20-13(22)19-10-11-8-6-5-7-9-11/h5-9H,3-4,10H2,1-2H3,(H2,19,20,22)/t14-/m1/s1. The van der Waals surface area contributed by atoms with Gasteiger partial charge in [0.15, 0.2) is 0 Å². The number of nitrogens with one attached hydrogen (secondary N) is 2. The molecule has 0 aliphatic heterocycles. The predicted molar refractivity (Wildman–Crippen MR) is 78.9 cm³/mol. The van der Waals surface area contributed by atoms with E-state index in [1.165, 1.54) is 13.8 Å². The number of amides is 2. The van der Waals surface area contributed by atoms with Gasteiger partial charge in [0.1, 0.15) is 0 Å². The van der Waals surface area contributed by atoms with Gasteiger partial charge in [-0.15, -0.1) is 0 Å². The number of hydrogen-bond acceptors (Lipinski definition) is 4. The zero-order valence-corrected chi connectivity index (χ0v) is 13.3. The molecule has 1 aromatic carbocycles. The van der Waals surface area contributed by atoms with Gasteiger partial charge in [-0.05, 0) is 19.4 Å². The van der Waals surface area contributed by atoms with Crippen LogP contribution in [0.4, 0.5) is 18.0 Å². The van der Waals surface area contributed by atoms with Crippen LogP contribution in [0.1, 0.15) is 19.4 Å². The SMILES string of the molecule is CCOC(=O)[C@@](NC(=O)NCc1ccccc1)(OCC)C(F)(F)F. The molecule has 9 heteroatoms. The highest BCUT2D eigenvalue weighted by molar-refractivity contribution is 5.87. The van der Waals surface area contributed by atoms with Gasteiger partial charge in [-0.1, -0.05) is 30.3 Å². The largest absolute Gasteiger partial charge is 0.462 e. The van der Waals surface area contributed by atoms with E-state index in [4.69, 9.17) is 0 Å². The van der Waals surface area contributed by atoms with E-state index in [2.05, 4.69) is 14.8 Å². The summed E-state index contributed by atoms with van der Waals surface area (Å²) < 4.78 is 49.2. The molecule has 134 valence electrons. The van der Waals surface area contributed by atoms with Gasteiger partial charge < -0.3 is 14.8 Å². The Morgan fingerprint density at radius 2 is 1.71 bits per heavy atom. The molecule has 1 aromatic rings. The summed E-state index contributed by atoms with van der Waals surface area (Å²) in [6.45, 7) is 1.84. The molecule has 6 nitrogen and oxygen atoms in total. The monoisotopic (exact) mass is 348 g/mol. The number of alkyl halides is 3. The van der Waals surface area contributed by atoms with Crippen LogP contribution in [0.3, 0.4) is 0 Å². The molecule has 0 aliphatic carbocycles. The molecule has 1 rings (SSSR count). The van der Waals surface area contributed by atoms with E-state index in [-0.39, 0.29) is 13.2 Å². The number of halogens is 3. The Bertz CT molecular complexity index is 551. The van der Waals surface area contributed by atoms with Crippen LogP contribution in [-0.4, -0.2) is 37.1 Å². The molecule has 0 heterocycles. The lowest BCUT2D eigenvalue weighted by molar-refractivity contribution is -0.283. The van der Waals surface area contributed by atoms with Crippen LogP contribution in [-0.2, 0) is 20.8 Å². The third-order valence-electron chi connectivity index (χ3n) is 2.91. The van der Waals surface area contributed by atoms with E-state index in [0.717, 1.165) is 0 Å². The first-order valence-corrected chi connectivity index (χ1v) is 7.24. The van der Waals surface area contributed by atoms with Crippen molar-refractivity contribution in [1.29, 1.82) is 0 Å². The Morgan fingerprint density at radius 1 is 1.08 bits per heavy atom. The number of urea groups is 1. The third-order valence-corrected chi connectivity index (χ3v) is 2.91. The molecule has 0 aliphatic rings. The van der Waals surface area contributed by atoms with Crippen LogP contribution < -0.4 is 10.6 Å². The highest BCUT2D eigenvalue weighted by Gasteiger charge is 2.64.